The van der Waals surface area contributed by atoms with Crippen LogP contribution in [-0.4, -0.2) is 111 Å². The molecule has 6 rings (SSSR count). The topological polar surface area (TPSA) is 120 Å². The summed E-state index contributed by atoms with van der Waals surface area (Å²) in [6.45, 7) is 6.14. The van der Waals surface area contributed by atoms with E-state index in [9.17, 15) is 14.7 Å². The zero-order chi connectivity index (χ0) is 32.2. The minimum absolute atomic E-state index is 0.0374. The van der Waals surface area contributed by atoms with E-state index in [4.69, 9.17) is 4.74 Å². The average molecular weight is 630 g/mol. The maximum atomic E-state index is 16.5. The van der Waals surface area contributed by atoms with Crippen LogP contribution in [0.15, 0.2) is 54.9 Å². The van der Waals surface area contributed by atoms with Gasteiger partial charge >= 0.3 is 0 Å². The lowest BCUT2D eigenvalue weighted by Gasteiger charge is -2.35. The number of aromatic amines is 1. The van der Waals surface area contributed by atoms with Crippen LogP contribution in [0.25, 0.3) is 27.6 Å². The summed E-state index contributed by atoms with van der Waals surface area (Å²) in [6.07, 6.45) is 6.44. The number of ether oxygens (including phenoxy) is 1. The van der Waals surface area contributed by atoms with Gasteiger partial charge < -0.3 is 24.6 Å². The van der Waals surface area contributed by atoms with Crippen LogP contribution in [0, 0.1) is 5.82 Å². The highest BCUT2D eigenvalue weighted by Crippen LogP contribution is 2.40. The van der Waals surface area contributed by atoms with Gasteiger partial charge in [0.1, 0.15) is 11.4 Å². The van der Waals surface area contributed by atoms with Crippen molar-refractivity contribution in [2.45, 2.75) is 38.8 Å². The largest absolute Gasteiger partial charge is 0.496 e. The second kappa shape index (κ2) is 13.8. The Balaban J connectivity index is 1.31. The van der Waals surface area contributed by atoms with Crippen LogP contribution in [0.3, 0.4) is 0 Å². The molecule has 11 nitrogen and oxygen atoms in total. The van der Waals surface area contributed by atoms with Crippen LogP contribution in [-0.2, 0) is 11.3 Å². The van der Waals surface area contributed by atoms with E-state index in [1.807, 2.05) is 43.3 Å². The van der Waals surface area contributed by atoms with E-state index in [1.165, 1.54) is 0 Å². The summed E-state index contributed by atoms with van der Waals surface area (Å²) in [7, 11) is 1.60. The first kappa shape index (κ1) is 31.4. The zero-order valence-electron chi connectivity index (χ0n) is 26.3. The number of carbonyl (C=O) groups is 2. The lowest BCUT2D eigenvalue weighted by atomic mass is 9.93. The summed E-state index contributed by atoms with van der Waals surface area (Å²) >= 11 is 0. The maximum Gasteiger partial charge on any atom is 0.270 e. The van der Waals surface area contributed by atoms with Crippen molar-refractivity contribution in [2.24, 2.45) is 0 Å². The Morgan fingerprint density at radius 2 is 1.87 bits per heavy atom. The molecule has 0 saturated carbocycles. The van der Waals surface area contributed by atoms with Crippen LogP contribution >= 0.6 is 0 Å². The molecular formula is C34H40FN7O4. The number of nitrogens with zero attached hydrogens (tertiary/aromatic N) is 6. The summed E-state index contributed by atoms with van der Waals surface area (Å²) in [4.78, 5) is 35.6. The Morgan fingerprint density at radius 1 is 1.07 bits per heavy atom. The van der Waals surface area contributed by atoms with Crippen molar-refractivity contribution >= 4 is 28.3 Å². The van der Waals surface area contributed by atoms with Crippen LogP contribution < -0.4 is 4.74 Å². The Labute approximate surface area is 267 Å². The molecule has 1 saturated heterocycles. The van der Waals surface area contributed by atoms with Gasteiger partial charge in [-0.1, -0.05) is 36.4 Å². The minimum atomic E-state index is -0.464. The maximum absolute atomic E-state index is 16.5. The van der Waals surface area contributed by atoms with Crippen LogP contribution in [0.1, 0.15) is 42.2 Å². The van der Waals surface area contributed by atoms with Crippen molar-refractivity contribution in [3.8, 4) is 16.9 Å². The zero-order valence-corrected chi connectivity index (χ0v) is 26.3. The van der Waals surface area contributed by atoms with E-state index in [0.717, 1.165) is 11.1 Å². The molecular weight excluding hydrogens is 589 g/mol. The predicted octanol–water partition coefficient (Wildman–Crippen LogP) is 3.81. The van der Waals surface area contributed by atoms with E-state index in [2.05, 4.69) is 20.2 Å². The summed E-state index contributed by atoms with van der Waals surface area (Å²) in [5.74, 6) is -0.0676. The number of para-hydroxylation sites is 1. The molecule has 12 heteroatoms. The van der Waals surface area contributed by atoms with Crippen molar-refractivity contribution < 1.29 is 23.8 Å². The van der Waals surface area contributed by atoms with Crippen molar-refractivity contribution in [3.63, 3.8) is 0 Å². The molecule has 2 amide bonds. The highest BCUT2D eigenvalue weighted by Gasteiger charge is 2.28. The summed E-state index contributed by atoms with van der Waals surface area (Å²) in [5, 5.41) is 18.3. The molecule has 2 aliphatic rings. The molecule has 4 aromatic rings. The number of nitrogens with one attached hydrogen (secondary N) is 1. The number of aliphatic hydroxyl groups excluding tert-OH is 1. The number of H-pyrrole nitrogens is 1. The first-order valence-electron chi connectivity index (χ1n) is 15.9. The SMILES string of the molecule is CC[C@H](O)CN1CCN(C(=O)c2cc3c(-c4ccccc4OC)cc(C4=CCCN(C(=O)CCn5ccnn5)C4)c(F)c3[nH]2)CC1. The Hall–Kier alpha value is -4.55. The normalized spacial score (nSPS) is 16.5. The van der Waals surface area contributed by atoms with Gasteiger partial charge in [0.15, 0.2) is 5.82 Å². The molecule has 2 N–H and O–H groups in total. The molecule has 2 aromatic heterocycles. The van der Waals surface area contributed by atoms with Gasteiger partial charge in [-0.05, 0) is 42.2 Å². The second-order valence-corrected chi connectivity index (χ2v) is 11.9. The van der Waals surface area contributed by atoms with E-state index in [1.54, 1.807) is 40.1 Å². The highest BCUT2D eigenvalue weighted by atomic mass is 19.1. The third-order valence-corrected chi connectivity index (χ3v) is 8.96. The number of rotatable bonds is 10. The van der Waals surface area contributed by atoms with E-state index >= 15 is 4.39 Å². The quantitative estimate of drug-likeness (QED) is 0.274. The minimum Gasteiger partial charge on any atom is -0.496 e. The molecule has 0 radical (unpaired) electrons. The lowest BCUT2D eigenvalue weighted by Crippen LogP contribution is -2.50. The van der Waals surface area contributed by atoms with Gasteiger partial charge in [0.25, 0.3) is 5.91 Å². The number of hydrogen-bond donors (Lipinski definition) is 2. The third-order valence-electron chi connectivity index (χ3n) is 8.96. The number of carbonyl (C=O) groups excluding carboxylic acids is 2. The van der Waals surface area contributed by atoms with E-state index < -0.39 is 5.82 Å². The molecule has 0 unspecified atom stereocenters. The smallest absolute Gasteiger partial charge is 0.270 e. The van der Waals surface area contributed by atoms with Crippen molar-refractivity contribution in [2.75, 3.05) is 52.9 Å². The first-order valence-corrected chi connectivity index (χ1v) is 15.9. The molecule has 0 aliphatic carbocycles. The van der Waals surface area contributed by atoms with Crippen molar-refractivity contribution in [1.29, 1.82) is 0 Å². The molecule has 46 heavy (non-hydrogen) atoms. The van der Waals surface area contributed by atoms with Crippen molar-refractivity contribution in [3.05, 3.63) is 71.9 Å². The fourth-order valence-corrected chi connectivity index (χ4v) is 6.30. The number of piperazine rings is 1. The van der Waals surface area contributed by atoms with E-state index in [0.29, 0.717) is 86.6 Å². The summed E-state index contributed by atoms with van der Waals surface area (Å²) in [5.41, 5.74) is 3.14. The number of aliphatic hydroxyl groups is 1. The molecule has 242 valence electrons. The van der Waals surface area contributed by atoms with Gasteiger partial charge in [0, 0.05) is 74.9 Å². The molecule has 0 bridgehead atoms. The number of aryl methyl sites for hydroxylation is 1. The standard InChI is InChI=1S/C34H40FN7O4/c1-3-24(43)22-39-15-17-40(18-16-39)34(45)29-20-28-27(25-8-4-5-9-30(25)46-2)19-26(32(35)33(28)37-29)23-7-6-12-41(21-23)31(44)10-13-42-14-11-36-38-42/h4-5,7-9,11,14,19-20,24,37,43H,3,6,10,12-13,15-18,21-22H2,1-2H3/t24-/m0/s1. The van der Waals surface area contributed by atoms with Crippen LogP contribution in [0.4, 0.5) is 4.39 Å². The Morgan fingerprint density at radius 3 is 2.61 bits per heavy atom. The summed E-state index contributed by atoms with van der Waals surface area (Å²) < 4.78 is 23.8. The van der Waals surface area contributed by atoms with Gasteiger partial charge in [-0.15, -0.1) is 5.10 Å². The Bertz CT molecular complexity index is 1730. The number of fused-ring (bicyclic) bond motifs is 1. The van der Waals surface area contributed by atoms with Gasteiger partial charge in [0.2, 0.25) is 5.91 Å². The van der Waals surface area contributed by atoms with Gasteiger partial charge in [-0.2, -0.15) is 0 Å². The monoisotopic (exact) mass is 629 g/mol. The Kier molecular flexibility index (Phi) is 9.46. The third kappa shape index (κ3) is 6.54. The number of aromatic nitrogens is 4. The first-order chi connectivity index (χ1) is 22.4. The molecule has 1 fully saturated rings. The summed E-state index contributed by atoms with van der Waals surface area (Å²) in [6, 6.07) is 11.1. The number of halogens is 1. The number of methoxy groups -OCH3 is 1. The van der Waals surface area contributed by atoms with Gasteiger partial charge in [0.05, 0.1) is 31.5 Å². The fraction of sp³-hybridized carbons (Fsp3) is 0.412. The molecule has 0 spiro atoms. The second-order valence-electron chi connectivity index (χ2n) is 11.9. The lowest BCUT2D eigenvalue weighted by molar-refractivity contribution is -0.131. The van der Waals surface area contributed by atoms with Crippen LogP contribution in [0.2, 0.25) is 0 Å². The number of hydrogen-bond acceptors (Lipinski definition) is 7. The van der Waals surface area contributed by atoms with Crippen molar-refractivity contribution in [1.82, 2.24) is 34.7 Å². The predicted molar refractivity (Wildman–Crippen MR) is 173 cm³/mol. The number of β-amino-alcohol motifs (C(OH)–C–C–N with tert-alkyl or cyclic N) is 1. The molecule has 1 atom stereocenters. The molecule has 2 aliphatic heterocycles. The number of benzene rings is 2. The average Bonchev–Trinajstić information content (AvgIpc) is 3.79. The van der Waals surface area contributed by atoms with Crippen LogP contribution in [0.5, 0.6) is 5.75 Å². The van der Waals surface area contributed by atoms with E-state index in [-0.39, 0.29) is 36.4 Å². The highest BCUT2D eigenvalue weighted by molar-refractivity contribution is 6.05. The van der Waals surface area contributed by atoms with Gasteiger partial charge in [-0.25, -0.2) is 4.39 Å². The van der Waals surface area contributed by atoms with Gasteiger partial charge in [-0.3, -0.25) is 19.2 Å². The number of amides is 2. The molecule has 4 heterocycles. The fourth-order valence-electron chi connectivity index (χ4n) is 6.30. The molecule has 2 aromatic carbocycles.